The molecule has 4 heteroatoms. The van der Waals surface area contributed by atoms with Crippen molar-refractivity contribution < 1.29 is 0 Å². The molecular formula is C10H10N2OS. The summed E-state index contributed by atoms with van der Waals surface area (Å²) in [6, 6.07) is 7.47. The van der Waals surface area contributed by atoms with Crippen LogP contribution in [0.4, 0.5) is 0 Å². The third kappa shape index (κ3) is 1.53. The van der Waals surface area contributed by atoms with E-state index in [1.165, 1.54) is 6.20 Å². The van der Waals surface area contributed by atoms with Crippen molar-refractivity contribution in [2.45, 2.75) is 6.54 Å². The second-order valence-corrected chi connectivity index (χ2v) is 3.42. The lowest BCUT2D eigenvalue weighted by Gasteiger charge is -2.06. The van der Waals surface area contributed by atoms with Gasteiger partial charge in [0.05, 0.1) is 18.3 Å². The van der Waals surface area contributed by atoms with Gasteiger partial charge in [0.1, 0.15) is 0 Å². The van der Waals surface area contributed by atoms with Crippen molar-refractivity contribution in [3.63, 3.8) is 0 Å². The number of aromatic nitrogens is 2. The summed E-state index contributed by atoms with van der Waals surface area (Å²) in [4.78, 5) is 11.4. The molecule has 0 aliphatic carbocycles. The lowest BCUT2D eigenvalue weighted by Crippen LogP contribution is -2.12. The quantitative estimate of drug-likeness (QED) is 0.752. The zero-order valence-corrected chi connectivity index (χ0v) is 8.45. The average Bonchev–Trinajstić information content (AvgIpc) is 2.23. The number of nitrogens with zero attached hydrogens (tertiary/aromatic N) is 2. The van der Waals surface area contributed by atoms with Crippen LogP contribution in [0.25, 0.3) is 10.9 Å². The first-order valence-electron chi connectivity index (χ1n) is 4.38. The van der Waals surface area contributed by atoms with Crippen LogP contribution in [0.2, 0.25) is 0 Å². The molecule has 0 radical (unpaired) electrons. The van der Waals surface area contributed by atoms with Crippen molar-refractivity contribution in [1.29, 1.82) is 0 Å². The van der Waals surface area contributed by atoms with E-state index in [4.69, 9.17) is 0 Å². The number of rotatable bonds is 2. The SMILES string of the molecule is O=c1cnn(CCS)c2ccccc12. The highest BCUT2D eigenvalue weighted by molar-refractivity contribution is 7.80. The first-order chi connectivity index (χ1) is 6.83. The smallest absolute Gasteiger partial charge is 0.207 e. The van der Waals surface area contributed by atoms with Gasteiger partial charge in [0.25, 0.3) is 0 Å². The zero-order valence-electron chi connectivity index (χ0n) is 7.55. The standard InChI is InChI=1S/C10H10N2OS/c13-10-7-11-12(5-6-14)9-4-2-1-3-8(9)10/h1-4,7,14H,5-6H2. The molecule has 0 bridgehead atoms. The Morgan fingerprint density at radius 1 is 1.36 bits per heavy atom. The Hall–Kier alpha value is -1.29. The van der Waals surface area contributed by atoms with Gasteiger partial charge in [-0.2, -0.15) is 17.7 Å². The molecule has 0 N–H and O–H groups in total. The first-order valence-corrected chi connectivity index (χ1v) is 5.02. The van der Waals surface area contributed by atoms with Crippen LogP contribution < -0.4 is 5.43 Å². The molecule has 0 fully saturated rings. The van der Waals surface area contributed by atoms with E-state index in [9.17, 15) is 4.79 Å². The van der Waals surface area contributed by atoms with E-state index in [0.717, 1.165) is 5.52 Å². The van der Waals surface area contributed by atoms with Gasteiger partial charge in [-0.05, 0) is 12.1 Å². The van der Waals surface area contributed by atoms with Gasteiger partial charge in [0.15, 0.2) is 0 Å². The summed E-state index contributed by atoms with van der Waals surface area (Å²) in [6.07, 6.45) is 1.35. The van der Waals surface area contributed by atoms with Crippen LogP contribution in [0.1, 0.15) is 0 Å². The van der Waals surface area contributed by atoms with E-state index in [1.54, 1.807) is 4.68 Å². The topological polar surface area (TPSA) is 34.9 Å². The monoisotopic (exact) mass is 206 g/mol. The van der Waals surface area contributed by atoms with E-state index in [2.05, 4.69) is 17.7 Å². The summed E-state index contributed by atoms with van der Waals surface area (Å²) in [7, 11) is 0. The van der Waals surface area contributed by atoms with Gasteiger partial charge in [-0.15, -0.1) is 0 Å². The summed E-state index contributed by atoms with van der Waals surface area (Å²) in [6.45, 7) is 0.712. The van der Waals surface area contributed by atoms with Crippen molar-refractivity contribution in [1.82, 2.24) is 9.78 Å². The average molecular weight is 206 g/mol. The van der Waals surface area contributed by atoms with Crippen molar-refractivity contribution in [3.8, 4) is 0 Å². The number of fused-ring (bicyclic) bond motifs is 1. The molecular weight excluding hydrogens is 196 g/mol. The van der Waals surface area contributed by atoms with Crippen LogP contribution in [0, 0.1) is 0 Å². The van der Waals surface area contributed by atoms with Crippen molar-refractivity contribution in [3.05, 3.63) is 40.7 Å². The summed E-state index contributed by atoms with van der Waals surface area (Å²) in [5.41, 5.74) is 0.838. The maximum Gasteiger partial charge on any atom is 0.207 e. The lowest BCUT2D eigenvalue weighted by atomic mass is 10.2. The van der Waals surface area contributed by atoms with Crippen molar-refractivity contribution in [2.24, 2.45) is 0 Å². The molecule has 2 aromatic rings. The van der Waals surface area contributed by atoms with Crippen LogP contribution in [-0.4, -0.2) is 15.5 Å². The van der Waals surface area contributed by atoms with Crippen LogP contribution in [0.15, 0.2) is 35.3 Å². The molecule has 3 nitrogen and oxygen atoms in total. The highest BCUT2D eigenvalue weighted by Gasteiger charge is 2.01. The number of aryl methyl sites for hydroxylation is 1. The van der Waals surface area contributed by atoms with E-state index in [0.29, 0.717) is 17.7 Å². The molecule has 0 amide bonds. The molecule has 0 unspecified atom stereocenters. The molecule has 14 heavy (non-hydrogen) atoms. The van der Waals surface area contributed by atoms with Crippen molar-refractivity contribution in [2.75, 3.05) is 5.75 Å². The Labute approximate surface area is 86.8 Å². The van der Waals surface area contributed by atoms with Gasteiger partial charge >= 0.3 is 0 Å². The first kappa shape index (κ1) is 9.27. The minimum Gasteiger partial charge on any atom is -0.287 e. The number of hydrogen-bond acceptors (Lipinski definition) is 3. The Morgan fingerprint density at radius 2 is 2.14 bits per heavy atom. The highest BCUT2D eigenvalue weighted by Crippen LogP contribution is 2.07. The normalized spacial score (nSPS) is 10.6. The summed E-state index contributed by atoms with van der Waals surface area (Å²) >= 11 is 4.14. The third-order valence-corrected chi connectivity index (χ3v) is 2.27. The minimum absolute atomic E-state index is 0.0315. The Balaban J connectivity index is 2.75. The fraction of sp³-hybridized carbons (Fsp3) is 0.200. The second-order valence-electron chi connectivity index (χ2n) is 2.97. The van der Waals surface area contributed by atoms with E-state index in [-0.39, 0.29) is 5.43 Å². The second kappa shape index (κ2) is 3.84. The van der Waals surface area contributed by atoms with E-state index in [1.807, 2.05) is 24.3 Å². The Kier molecular flexibility index (Phi) is 2.54. The molecule has 0 aliphatic rings. The molecule has 1 aromatic carbocycles. The third-order valence-electron chi connectivity index (χ3n) is 2.07. The van der Waals surface area contributed by atoms with Crippen LogP contribution in [-0.2, 0) is 6.54 Å². The molecule has 0 atom stereocenters. The molecule has 2 rings (SSSR count). The van der Waals surface area contributed by atoms with E-state index >= 15 is 0 Å². The number of thiol groups is 1. The van der Waals surface area contributed by atoms with Crippen LogP contribution in [0.3, 0.4) is 0 Å². The van der Waals surface area contributed by atoms with Gasteiger partial charge < -0.3 is 0 Å². The number of hydrogen-bond donors (Lipinski definition) is 1. The predicted octanol–water partition coefficient (Wildman–Crippen LogP) is 1.33. The molecule has 1 aromatic heterocycles. The largest absolute Gasteiger partial charge is 0.287 e. The fourth-order valence-corrected chi connectivity index (χ4v) is 1.62. The molecule has 0 saturated carbocycles. The molecule has 0 aliphatic heterocycles. The van der Waals surface area contributed by atoms with Gasteiger partial charge in [0.2, 0.25) is 5.43 Å². The molecule has 1 heterocycles. The Bertz CT molecular complexity index is 507. The van der Waals surface area contributed by atoms with Gasteiger partial charge in [-0.25, -0.2) is 0 Å². The predicted molar refractivity (Wildman–Crippen MR) is 59.9 cm³/mol. The maximum atomic E-state index is 11.4. The summed E-state index contributed by atoms with van der Waals surface area (Å²) < 4.78 is 1.80. The van der Waals surface area contributed by atoms with E-state index < -0.39 is 0 Å². The van der Waals surface area contributed by atoms with Crippen LogP contribution in [0.5, 0.6) is 0 Å². The fourth-order valence-electron chi connectivity index (χ4n) is 1.43. The molecule has 72 valence electrons. The summed E-state index contributed by atoms with van der Waals surface area (Å²) in [5.74, 6) is 0.708. The van der Waals surface area contributed by atoms with Gasteiger partial charge in [-0.3, -0.25) is 9.48 Å². The maximum absolute atomic E-state index is 11.4. The van der Waals surface area contributed by atoms with Gasteiger partial charge in [0, 0.05) is 11.1 Å². The van der Waals surface area contributed by atoms with Crippen molar-refractivity contribution >= 4 is 23.5 Å². The zero-order chi connectivity index (χ0) is 9.97. The van der Waals surface area contributed by atoms with Crippen LogP contribution >= 0.6 is 12.6 Å². The number of para-hydroxylation sites is 1. The highest BCUT2D eigenvalue weighted by atomic mass is 32.1. The lowest BCUT2D eigenvalue weighted by molar-refractivity contribution is 0.676. The van der Waals surface area contributed by atoms with Gasteiger partial charge in [-0.1, -0.05) is 12.1 Å². The summed E-state index contributed by atoms with van der Waals surface area (Å²) in [5, 5.41) is 4.76. The molecule has 0 spiro atoms. The minimum atomic E-state index is -0.0315. The Morgan fingerprint density at radius 3 is 2.93 bits per heavy atom. The molecule has 0 saturated heterocycles. The number of benzene rings is 1.